The number of aromatic carboxylic acids is 1. The Hall–Kier alpha value is -3.22. The number of benzene rings is 2. The maximum absolute atomic E-state index is 11.0. The zero-order valence-electron chi connectivity index (χ0n) is 17.6. The van der Waals surface area contributed by atoms with E-state index < -0.39 is 5.97 Å². The van der Waals surface area contributed by atoms with Gasteiger partial charge >= 0.3 is 5.97 Å². The first-order valence-electron chi connectivity index (χ1n) is 10.0. The first-order valence-corrected chi connectivity index (χ1v) is 10.0. The number of ether oxygens (including phenoxy) is 1. The average Bonchev–Trinajstić information content (AvgIpc) is 3.22. The summed E-state index contributed by atoms with van der Waals surface area (Å²) in [7, 11) is 0. The molecular weight excluding hydrogens is 384 g/mol. The fourth-order valence-corrected chi connectivity index (χ4v) is 3.65. The van der Waals surface area contributed by atoms with Crippen molar-refractivity contribution in [3.63, 3.8) is 0 Å². The second kappa shape index (κ2) is 8.65. The van der Waals surface area contributed by atoms with Crippen LogP contribution in [0.2, 0.25) is 0 Å². The van der Waals surface area contributed by atoms with Gasteiger partial charge in [0.15, 0.2) is 0 Å². The van der Waals surface area contributed by atoms with Crippen LogP contribution in [0.15, 0.2) is 41.6 Å². The van der Waals surface area contributed by atoms with Gasteiger partial charge < -0.3 is 25.1 Å². The molecule has 0 amide bonds. The predicted octanol–water partition coefficient (Wildman–Crippen LogP) is 4.25. The lowest BCUT2D eigenvalue weighted by Crippen LogP contribution is -2.24. The number of anilines is 1. The van der Waals surface area contributed by atoms with E-state index in [0.717, 1.165) is 18.7 Å². The van der Waals surface area contributed by atoms with Gasteiger partial charge in [0.05, 0.1) is 0 Å². The van der Waals surface area contributed by atoms with E-state index >= 15 is 0 Å². The first-order chi connectivity index (χ1) is 14.2. The SMILES string of the molecule is CC(C)(C)c1cc(/C(COc2ccc(C(=O)O)c(O)c2)=N/O)ccc1N1CCCC1. The molecule has 0 saturated carbocycles. The van der Waals surface area contributed by atoms with Gasteiger partial charge in [-0.05, 0) is 48.1 Å². The summed E-state index contributed by atoms with van der Waals surface area (Å²) < 4.78 is 5.63. The average molecular weight is 412 g/mol. The van der Waals surface area contributed by atoms with Crippen molar-refractivity contribution < 1.29 is 25.0 Å². The molecule has 7 heteroatoms. The molecule has 1 heterocycles. The highest BCUT2D eigenvalue weighted by Crippen LogP contribution is 2.35. The molecule has 2 aromatic rings. The standard InChI is InChI=1S/C23H28N2O5/c1-23(2,3)18-12-15(6-9-20(18)25-10-4-5-11-25)19(24-29)14-30-16-7-8-17(22(27)28)21(26)13-16/h6-9,12-13,26,29H,4-5,10-11,14H2,1-3H3,(H,27,28)/b24-19+. The number of carboxylic acid groups (broad SMARTS) is 1. The van der Waals surface area contributed by atoms with Gasteiger partial charge in [0.1, 0.15) is 29.4 Å². The Kier molecular flexibility index (Phi) is 6.20. The Bertz CT molecular complexity index is 957. The minimum atomic E-state index is -1.22. The van der Waals surface area contributed by atoms with Crippen LogP contribution < -0.4 is 9.64 Å². The molecule has 30 heavy (non-hydrogen) atoms. The Morgan fingerprint density at radius 1 is 1.13 bits per heavy atom. The van der Waals surface area contributed by atoms with Crippen LogP contribution in [0, 0.1) is 0 Å². The molecule has 3 N–H and O–H groups in total. The molecule has 2 aromatic carbocycles. The second-order valence-corrected chi connectivity index (χ2v) is 8.50. The van der Waals surface area contributed by atoms with Gasteiger partial charge in [-0.3, -0.25) is 0 Å². The highest BCUT2D eigenvalue weighted by molar-refractivity contribution is 6.02. The van der Waals surface area contributed by atoms with Crippen LogP contribution in [0.5, 0.6) is 11.5 Å². The molecule has 0 radical (unpaired) electrons. The van der Waals surface area contributed by atoms with E-state index in [9.17, 15) is 15.1 Å². The number of oxime groups is 1. The highest BCUT2D eigenvalue weighted by atomic mass is 16.5. The lowest BCUT2D eigenvalue weighted by atomic mass is 9.84. The molecule has 7 nitrogen and oxygen atoms in total. The fourth-order valence-electron chi connectivity index (χ4n) is 3.65. The van der Waals surface area contributed by atoms with E-state index in [1.165, 1.54) is 42.3 Å². The lowest BCUT2D eigenvalue weighted by molar-refractivity contribution is 0.0693. The van der Waals surface area contributed by atoms with E-state index in [4.69, 9.17) is 9.84 Å². The van der Waals surface area contributed by atoms with Crippen LogP contribution in [0.3, 0.4) is 0 Å². The largest absolute Gasteiger partial charge is 0.507 e. The summed E-state index contributed by atoms with van der Waals surface area (Å²) in [6.45, 7) is 8.53. The van der Waals surface area contributed by atoms with Gasteiger partial charge in [-0.2, -0.15) is 0 Å². The zero-order valence-corrected chi connectivity index (χ0v) is 17.6. The van der Waals surface area contributed by atoms with E-state index in [0.29, 0.717) is 5.71 Å². The van der Waals surface area contributed by atoms with Gasteiger partial charge in [0.25, 0.3) is 0 Å². The van der Waals surface area contributed by atoms with Crippen LogP contribution in [-0.2, 0) is 5.41 Å². The molecule has 0 aliphatic carbocycles. The van der Waals surface area contributed by atoms with Crippen LogP contribution in [0.1, 0.15) is 55.1 Å². The van der Waals surface area contributed by atoms with Gasteiger partial charge in [-0.15, -0.1) is 0 Å². The molecule has 0 spiro atoms. The monoisotopic (exact) mass is 412 g/mol. The van der Waals surface area contributed by atoms with Crippen LogP contribution in [0.25, 0.3) is 0 Å². The number of carboxylic acids is 1. The second-order valence-electron chi connectivity index (χ2n) is 8.50. The molecule has 1 saturated heterocycles. The van der Waals surface area contributed by atoms with Gasteiger partial charge in [0.2, 0.25) is 0 Å². The number of rotatable bonds is 6. The molecule has 0 bridgehead atoms. The molecule has 1 aliphatic rings. The van der Waals surface area contributed by atoms with Crippen molar-refractivity contribution in [3.8, 4) is 11.5 Å². The number of carbonyl (C=O) groups is 1. The molecule has 3 rings (SSSR count). The van der Waals surface area contributed by atoms with E-state index in [-0.39, 0.29) is 29.1 Å². The number of nitrogens with zero attached hydrogens (tertiary/aromatic N) is 2. The van der Waals surface area contributed by atoms with Crippen LogP contribution in [0.4, 0.5) is 5.69 Å². The summed E-state index contributed by atoms with van der Waals surface area (Å²) in [5.41, 5.74) is 3.17. The molecular formula is C23H28N2O5. The van der Waals surface area contributed by atoms with Crippen LogP contribution in [-0.4, -0.2) is 46.8 Å². The van der Waals surface area contributed by atoms with E-state index in [1.54, 1.807) is 0 Å². The summed E-state index contributed by atoms with van der Waals surface area (Å²) >= 11 is 0. The Labute approximate surface area is 176 Å². The van der Waals surface area contributed by atoms with E-state index in [2.05, 4.69) is 36.9 Å². The molecule has 0 unspecified atom stereocenters. The lowest BCUT2D eigenvalue weighted by Gasteiger charge is -2.29. The Morgan fingerprint density at radius 2 is 1.83 bits per heavy atom. The summed E-state index contributed by atoms with van der Waals surface area (Å²) in [6, 6.07) is 9.99. The van der Waals surface area contributed by atoms with Gasteiger partial charge in [-0.25, -0.2) is 4.79 Å². The molecule has 1 aliphatic heterocycles. The molecule has 0 aromatic heterocycles. The molecule has 160 valence electrons. The predicted molar refractivity (Wildman–Crippen MR) is 115 cm³/mol. The van der Waals surface area contributed by atoms with Gasteiger partial charge in [-0.1, -0.05) is 32.0 Å². The minimum Gasteiger partial charge on any atom is -0.507 e. The van der Waals surface area contributed by atoms with Crippen molar-refractivity contribution >= 4 is 17.4 Å². The number of phenols is 1. The third-order valence-corrected chi connectivity index (χ3v) is 5.28. The third-order valence-electron chi connectivity index (χ3n) is 5.28. The number of hydrogen-bond donors (Lipinski definition) is 3. The van der Waals surface area contributed by atoms with E-state index in [1.807, 2.05) is 12.1 Å². The maximum atomic E-state index is 11.0. The first kappa shape index (κ1) is 21.5. The summed E-state index contributed by atoms with van der Waals surface area (Å²) in [4.78, 5) is 13.4. The maximum Gasteiger partial charge on any atom is 0.339 e. The van der Waals surface area contributed by atoms with Crippen molar-refractivity contribution in [2.24, 2.45) is 5.16 Å². The quantitative estimate of drug-likeness (QED) is 0.372. The fraction of sp³-hybridized carbons (Fsp3) is 0.391. The Morgan fingerprint density at radius 3 is 2.40 bits per heavy atom. The topological polar surface area (TPSA) is 103 Å². The Balaban J connectivity index is 1.83. The van der Waals surface area contributed by atoms with Crippen molar-refractivity contribution in [2.45, 2.75) is 39.0 Å². The minimum absolute atomic E-state index is 0.0327. The summed E-state index contributed by atoms with van der Waals surface area (Å²) in [5.74, 6) is -1.32. The normalized spacial score (nSPS) is 14.8. The van der Waals surface area contributed by atoms with Crippen molar-refractivity contribution in [3.05, 3.63) is 53.1 Å². The zero-order chi connectivity index (χ0) is 21.9. The molecule has 0 atom stereocenters. The van der Waals surface area contributed by atoms with Gasteiger partial charge in [0, 0.05) is 30.4 Å². The summed E-state index contributed by atoms with van der Waals surface area (Å²) in [5, 5.41) is 31.8. The third kappa shape index (κ3) is 4.67. The van der Waals surface area contributed by atoms with Crippen molar-refractivity contribution in [1.29, 1.82) is 0 Å². The molecule has 1 fully saturated rings. The number of hydrogen-bond acceptors (Lipinski definition) is 6. The van der Waals surface area contributed by atoms with Crippen molar-refractivity contribution in [1.82, 2.24) is 0 Å². The van der Waals surface area contributed by atoms with Crippen LogP contribution >= 0.6 is 0 Å². The smallest absolute Gasteiger partial charge is 0.339 e. The number of aromatic hydroxyl groups is 1. The van der Waals surface area contributed by atoms with Crippen molar-refractivity contribution in [2.75, 3.05) is 24.6 Å². The summed E-state index contributed by atoms with van der Waals surface area (Å²) in [6.07, 6.45) is 2.38. The highest BCUT2D eigenvalue weighted by Gasteiger charge is 2.24.